The van der Waals surface area contributed by atoms with Crippen LogP contribution in [0.15, 0.2) is 73.1 Å². The van der Waals surface area contributed by atoms with E-state index in [1.807, 2.05) is 55.4 Å². The summed E-state index contributed by atoms with van der Waals surface area (Å²) in [5.74, 6) is 1.04. The highest BCUT2D eigenvalue weighted by Crippen LogP contribution is 2.39. The molecule has 3 heterocycles. The molecule has 1 aliphatic heterocycles. The van der Waals surface area contributed by atoms with Crippen LogP contribution in [0.3, 0.4) is 0 Å². The third-order valence-electron chi connectivity index (χ3n) is 6.45. The minimum atomic E-state index is -0.443. The molecule has 8 nitrogen and oxygen atoms in total. The van der Waals surface area contributed by atoms with Crippen LogP contribution >= 0.6 is 0 Å². The zero-order valence-electron chi connectivity index (χ0n) is 20.8. The Balaban J connectivity index is 1.45. The van der Waals surface area contributed by atoms with Crippen molar-refractivity contribution >= 4 is 22.8 Å². The molecule has 0 aliphatic carbocycles. The Morgan fingerprint density at radius 3 is 2.59 bits per heavy atom. The summed E-state index contributed by atoms with van der Waals surface area (Å²) in [5.41, 5.74) is 7.63. The number of aromatic nitrogens is 3. The van der Waals surface area contributed by atoms with E-state index in [1.165, 1.54) is 6.33 Å². The smallest absolute Gasteiger partial charge is 0.246 e. The second-order valence-corrected chi connectivity index (χ2v) is 9.32. The number of likely N-dealkylation sites (N-methyl/N-ethyl adjacent to an activating group) is 1. The number of halogens is 1. The largest absolute Gasteiger partial charge is 0.457 e. The van der Waals surface area contributed by atoms with Crippen molar-refractivity contribution in [2.75, 3.05) is 39.5 Å². The number of nitrogen functional groups attached to an aromatic ring is 1. The molecule has 0 radical (unpaired) electrons. The van der Waals surface area contributed by atoms with Gasteiger partial charge in [0.15, 0.2) is 0 Å². The van der Waals surface area contributed by atoms with Crippen molar-refractivity contribution < 1.29 is 13.9 Å². The molecule has 0 bridgehead atoms. The van der Waals surface area contributed by atoms with E-state index in [1.54, 1.807) is 39.8 Å². The molecular formula is C28H29FN6O2. The summed E-state index contributed by atoms with van der Waals surface area (Å²) in [6.07, 6.45) is 5.37. The van der Waals surface area contributed by atoms with Gasteiger partial charge in [0.05, 0.1) is 11.4 Å². The zero-order chi connectivity index (χ0) is 25.9. The average Bonchev–Trinajstić information content (AvgIpc) is 3.48. The van der Waals surface area contributed by atoms with Crippen LogP contribution in [0.4, 0.5) is 10.2 Å². The first kappa shape index (κ1) is 24.5. The lowest BCUT2D eigenvalue weighted by Gasteiger charge is -2.16. The lowest BCUT2D eigenvalue weighted by Crippen LogP contribution is -2.28. The summed E-state index contributed by atoms with van der Waals surface area (Å²) >= 11 is 0. The normalized spacial score (nSPS) is 15.8. The van der Waals surface area contributed by atoms with Gasteiger partial charge in [-0.2, -0.15) is 4.39 Å². The highest BCUT2D eigenvalue weighted by atomic mass is 19.1. The second kappa shape index (κ2) is 10.4. The number of likely N-dealkylation sites (tertiary alicyclic amines) is 1. The van der Waals surface area contributed by atoms with Gasteiger partial charge in [0, 0.05) is 31.3 Å². The Hall–Kier alpha value is -4.24. The predicted molar refractivity (Wildman–Crippen MR) is 142 cm³/mol. The molecule has 1 fully saturated rings. The molecular weight excluding hydrogens is 471 g/mol. The molecule has 1 amide bonds. The Bertz CT molecular complexity index is 1430. The SMILES string of the molecule is CN(C)CC=CC(=O)N1CCC(n2c(F)c(-c3ccc(Oc4ccccc4)cc3)c3c(N)ncnc32)C1. The van der Waals surface area contributed by atoms with Crippen LogP contribution < -0.4 is 10.5 Å². The van der Waals surface area contributed by atoms with Crippen LogP contribution in [-0.2, 0) is 4.79 Å². The van der Waals surface area contributed by atoms with Gasteiger partial charge in [-0.05, 0) is 50.3 Å². The van der Waals surface area contributed by atoms with Crippen molar-refractivity contribution in [3.63, 3.8) is 0 Å². The number of ether oxygens (including phenoxy) is 1. The van der Waals surface area contributed by atoms with Crippen LogP contribution in [-0.4, -0.2) is 64.0 Å². The number of fused-ring (bicyclic) bond motifs is 1. The number of hydrogen-bond donors (Lipinski definition) is 1. The van der Waals surface area contributed by atoms with E-state index in [2.05, 4.69) is 9.97 Å². The van der Waals surface area contributed by atoms with Gasteiger partial charge in [0.2, 0.25) is 11.9 Å². The first-order valence-corrected chi connectivity index (χ1v) is 12.2. The van der Waals surface area contributed by atoms with E-state index in [4.69, 9.17) is 10.5 Å². The van der Waals surface area contributed by atoms with Crippen molar-refractivity contribution in [3.05, 3.63) is 79.0 Å². The summed E-state index contributed by atoms with van der Waals surface area (Å²) in [5, 5.41) is 0.465. The Morgan fingerprint density at radius 2 is 1.86 bits per heavy atom. The third-order valence-corrected chi connectivity index (χ3v) is 6.45. The summed E-state index contributed by atoms with van der Waals surface area (Å²) < 4.78 is 23.6. The van der Waals surface area contributed by atoms with E-state index in [0.717, 1.165) is 0 Å². The van der Waals surface area contributed by atoms with Gasteiger partial charge in [-0.3, -0.25) is 9.36 Å². The number of benzene rings is 2. The molecule has 1 aliphatic rings. The Labute approximate surface area is 214 Å². The highest BCUT2D eigenvalue weighted by Gasteiger charge is 2.32. The fraction of sp³-hybridized carbons (Fsp3) is 0.250. The van der Waals surface area contributed by atoms with Gasteiger partial charge in [0.1, 0.15) is 29.3 Å². The molecule has 0 spiro atoms. The first-order chi connectivity index (χ1) is 17.9. The van der Waals surface area contributed by atoms with E-state index >= 15 is 4.39 Å². The molecule has 1 saturated heterocycles. The maximum atomic E-state index is 16.2. The number of hydrogen-bond acceptors (Lipinski definition) is 6. The molecule has 2 N–H and O–H groups in total. The number of amides is 1. The van der Waals surface area contributed by atoms with Gasteiger partial charge in [0.25, 0.3) is 0 Å². The fourth-order valence-electron chi connectivity index (χ4n) is 4.66. The molecule has 1 atom stereocenters. The molecule has 0 saturated carbocycles. The quantitative estimate of drug-likeness (QED) is 0.376. The molecule has 5 rings (SSSR count). The molecule has 190 valence electrons. The lowest BCUT2D eigenvalue weighted by atomic mass is 10.1. The molecule has 2 aromatic carbocycles. The maximum absolute atomic E-state index is 16.2. The van der Waals surface area contributed by atoms with Gasteiger partial charge in [-0.15, -0.1) is 0 Å². The van der Waals surface area contributed by atoms with Crippen molar-refractivity contribution in [1.82, 2.24) is 24.3 Å². The Kier molecular flexibility index (Phi) is 6.87. The molecule has 2 aromatic heterocycles. The maximum Gasteiger partial charge on any atom is 0.246 e. The minimum Gasteiger partial charge on any atom is -0.457 e. The predicted octanol–water partition coefficient (Wildman–Crippen LogP) is 4.50. The van der Waals surface area contributed by atoms with E-state index in [-0.39, 0.29) is 17.8 Å². The topological polar surface area (TPSA) is 89.5 Å². The van der Waals surface area contributed by atoms with E-state index in [9.17, 15) is 4.79 Å². The monoisotopic (exact) mass is 500 g/mol. The van der Waals surface area contributed by atoms with Crippen LogP contribution in [0.25, 0.3) is 22.2 Å². The number of carbonyl (C=O) groups is 1. The van der Waals surface area contributed by atoms with Gasteiger partial charge < -0.3 is 20.3 Å². The number of para-hydroxylation sites is 1. The molecule has 9 heteroatoms. The molecule has 4 aromatic rings. The number of rotatable bonds is 7. The molecule has 1 unspecified atom stereocenters. The van der Waals surface area contributed by atoms with Gasteiger partial charge in [-0.25, -0.2) is 9.97 Å². The number of nitrogens with two attached hydrogens (primary N) is 1. The third kappa shape index (κ3) is 5.03. The van der Waals surface area contributed by atoms with E-state index < -0.39 is 5.95 Å². The number of carbonyl (C=O) groups excluding carboxylic acids is 1. The van der Waals surface area contributed by atoms with Gasteiger partial charge in [-0.1, -0.05) is 36.4 Å². The fourth-order valence-corrected chi connectivity index (χ4v) is 4.66. The second-order valence-electron chi connectivity index (χ2n) is 9.32. The summed E-state index contributed by atoms with van der Waals surface area (Å²) in [6.45, 7) is 1.60. The number of nitrogens with zero attached hydrogens (tertiary/aromatic N) is 5. The Morgan fingerprint density at radius 1 is 1.14 bits per heavy atom. The zero-order valence-corrected chi connectivity index (χ0v) is 20.8. The standard InChI is InChI=1S/C28H29FN6O2/c1-33(2)15-6-9-23(36)34-16-14-20(17-34)35-26(29)24(25-27(30)31-18-32-28(25)35)19-10-12-22(13-11-19)37-21-7-4-3-5-8-21/h3-13,18,20H,14-17H2,1-2H3,(H2,30,31,32). The van der Waals surface area contributed by atoms with Crippen LogP contribution in [0.1, 0.15) is 12.5 Å². The summed E-state index contributed by atoms with van der Waals surface area (Å²) in [4.78, 5) is 24.9. The van der Waals surface area contributed by atoms with Crippen molar-refractivity contribution in [3.8, 4) is 22.6 Å². The van der Waals surface area contributed by atoms with Crippen LogP contribution in [0, 0.1) is 5.95 Å². The summed E-state index contributed by atoms with van der Waals surface area (Å²) in [7, 11) is 3.88. The first-order valence-electron chi connectivity index (χ1n) is 12.2. The van der Waals surface area contributed by atoms with Crippen molar-refractivity contribution in [2.24, 2.45) is 0 Å². The number of anilines is 1. The van der Waals surface area contributed by atoms with Crippen LogP contribution in [0.5, 0.6) is 11.5 Å². The van der Waals surface area contributed by atoms with Gasteiger partial charge >= 0.3 is 0 Å². The van der Waals surface area contributed by atoms with Crippen LogP contribution in [0.2, 0.25) is 0 Å². The van der Waals surface area contributed by atoms with Crippen molar-refractivity contribution in [2.45, 2.75) is 12.5 Å². The van der Waals surface area contributed by atoms with Crippen molar-refractivity contribution in [1.29, 1.82) is 0 Å². The lowest BCUT2D eigenvalue weighted by molar-refractivity contribution is -0.125. The van der Waals surface area contributed by atoms with E-state index in [0.29, 0.717) is 59.7 Å². The summed E-state index contributed by atoms with van der Waals surface area (Å²) in [6, 6.07) is 16.4. The molecule has 37 heavy (non-hydrogen) atoms. The minimum absolute atomic E-state index is 0.0791. The highest BCUT2D eigenvalue weighted by molar-refractivity contribution is 6.01. The average molecular weight is 501 g/mol.